The number of carbonyl (C=O) groups excluding carboxylic acids is 2. The lowest BCUT2D eigenvalue weighted by molar-refractivity contribution is -0.147. The minimum absolute atomic E-state index is 0.193. The summed E-state index contributed by atoms with van der Waals surface area (Å²) in [7, 11) is 0. The van der Waals surface area contributed by atoms with Crippen LogP contribution in [0.4, 0.5) is 0 Å². The maximum atomic E-state index is 11.4. The minimum Gasteiger partial charge on any atom is -0.464 e. The topological polar surface area (TPSA) is 112 Å². The van der Waals surface area contributed by atoms with E-state index in [1.54, 1.807) is 17.8 Å². The summed E-state index contributed by atoms with van der Waals surface area (Å²) in [6.07, 6.45) is 3.20. The Labute approximate surface area is 98.1 Å². The number of nitrogens with one attached hydrogen (secondary N) is 1. The van der Waals surface area contributed by atoms with Gasteiger partial charge < -0.3 is 15.8 Å². The molecule has 1 unspecified atom stereocenters. The summed E-state index contributed by atoms with van der Waals surface area (Å²) in [6.45, 7) is 2.61. The zero-order valence-electron chi connectivity index (χ0n) is 9.50. The third-order valence-electron chi connectivity index (χ3n) is 1.94. The molecule has 0 aromatic carbocycles. The molecular weight excluding hydrogens is 226 g/mol. The highest BCUT2D eigenvalue weighted by molar-refractivity contribution is 6.01. The molecule has 1 amide bonds. The van der Waals surface area contributed by atoms with Crippen molar-refractivity contribution in [2.75, 3.05) is 13.2 Å². The van der Waals surface area contributed by atoms with Gasteiger partial charge in [-0.2, -0.15) is 0 Å². The van der Waals surface area contributed by atoms with E-state index in [-0.39, 0.29) is 6.61 Å². The third kappa shape index (κ3) is 4.19. The van der Waals surface area contributed by atoms with Crippen molar-refractivity contribution < 1.29 is 14.3 Å². The van der Waals surface area contributed by atoms with Crippen LogP contribution in [-0.4, -0.2) is 46.1 Å². The van der Waals surface area contributed by atoms with Gasteiger partial charge in [0.25, 0.3) is 0 Å². The van der Waals surface area contributed by atoms with E-state index in [2.05, 4.69) is 20.4 Å². The molecule has 1 rings (SSSR count). The smallest absolute Gasteiger partial charge is 0.332 e. The summed E-state index contributed by atoms with van der Waals surface area (Å²) in [4.78, 5) is 22.5. The lowest BCUT2D eigenvalue weighted by Crippen LogP contribution is -2.47. The second kappa shape index (κ2) is 6.59. The van der Waals surface area contributed by atoms with E-state index in [9.17, 15) is 9.59 Å². The van der Waals surface area contributed by atoms with Crippen LogP contribution in [0.1, 0.15) is 6.92 Å². The number of nitrogens with two attached hydrogens (primary N) is 1. The maximum Gasteiger partial charge on any atom is 0.332 e. The zero-order chi connectivity index (χ0) is 12.7. The fourth-order valence-electron chi connectivity index (χ4n) is 1.09. The first-order valence-corrected chi connectivity index (χ1v) is 5.19. The summed E-state index contributed by atoms with van der Waals surface area (Å²) in [5, 5.41) is 9.83. The Hall–Kier alpha value is -1.96. The Morgan fingerprint density at radius 3 is 2.94 bits per heavy atom. The van der Waals surface area contributed by atoms with Crippen LogP contribution in [-0.2, 0) is 20.9 Å². The molecule has 0 bridgehead atoms. The monoisotopic (exact) mass is 241 g/mol. The highest BCUT2D eigenvalue weighted by Crippen LogP contribution is 1.86. The minimum atomic E-state index is -1.29. The fraction of sp³-hybridized carbons (Fsp3) is 0.556. The molecule has 3 N–H and O–H groups in total. The molecule has 0 aliphatic carbocycles. The summed E-state index contributed by atoms with van der Waals surface area (Å²) < 4.78 is 6.18. The van der Waals surface area contributed by atoms with E-state index in [0.29, 0.717) is 13.1 Å². The van der Waals surface area contributed by atoms with Gasteiger partial charge in [-0.15, -0.1) is 5.10 Å². The summed E-state index contributed by atoms with van der Waals surface area (Å²) in [5.41, 5.74) is 5.38. The van der Waals surface area contributed by atoms with Crippen molar-refractivity contribution in [2.24, 2.45) is 5.73 Å². The summed E-state index contributed by atoms with van der Waals surface area (Å²) in [6, 6.07) is -1.29. The van der Waals surface area contributed by atoms with Gasteiger partial charge in [-0.25, -0.2) is 4.79 Å². The molecule has 1 atom stereocenters. The molecule has 17 heavy (non-hydrogen) atoms. The summed E-state index contributed by atoms with van der Waals surface area (Å²) in [5.74, 6) is -1.30. The first-order valence-electron chi connectivity index (χ1n) is 5.19. The average Bonchev–Trinajstić information content (AvgIpc) is 2.81. The van der Waals surface area contributed by atoms with Crippen LogP contribution in [0.15, 0.2) is 12.4 Å². The van der Waals surface area contributed by atoms with Crippen LogP contribution in [0, 0.1) is 0 Å². The number of ether oxygens (including phenoxy) is 1. The lowest BCUT2D eigenvalue weighted by atomic mass is 10.3. The quantitative estimate of drug-likeness (QED) is 0.453. The van der Waals surface area contributed by atoms with Crippen molar-refractivity contribution in [3.63, 3.8) is 0 Å². The number of amides is 1. The van der Waals surface area contributed by atoms with Crippen LogP contribution in [0.25, 0.3) is 0 Å². The number of hydrogen-bond donors (Lipinski definition) is 2. The Balaban J connectivity index is 2.27. The predicted octanol–water partition coefficient (Wildman–Crippen LogP) is -1.72. The Morgan fingerprint density at radius 1 is 1.59 bits per heavy atom. The van der Waals surface area contributed by atoms with Gasteiger partial charge in [0.1, 0.15) is 0 Å². The molecule has 1 aromatic heterocycles. The van der Waals surface area contributed by atoms with Gasteiger partial charge in [-0.05, 0) is 6.92 Å². The van der Waals surface area contributed by atoms with Gasteiger partial charge in [0.2, 0.25) is 5.91 Å². The van der Waals surface area contributed by atoms with E-state index in [0.717, 1.165) is 0 Å². The van der Waals surface area contributed by atoms with Gasteiger partial charge in [0.15, 0.2) is 6.04 Å². The number of aromatic nitrogens is 3. The predicted molar refractivity (Wildman–Crippen MR) is 57.6 cm³/mol. The molecule has 94 valence electrons. The van der Waals surface area contributed by atoms with E-state index in [1.165, 1.54) is 6.20 Å². The van der Waals surface area contributed by atoms with Crippen LogP contribution in [0.3, 0.4) is 0 Å². The van der Waals surface area contributed by atoms with E-state index in [4.69, 9.17) is 5.73 Å². The zero-order valence-corrected chi connectivity index (χ0v) is 9.50. The average molecular weight is 241 g/mol. The number of hydrogen-bond acceptors (Lipinski definition) is 6. The molecular formula is C9H15N5O3. The van der Waals surface area contributed by atoms with Crippen molar-refractivity contribution in [2.45, 2.75) is 19.5 Å². The van der Waals surface area contributed by atoms with Gasteiger partial charge in [-0.3, -0.25) is 9.48 Å². The molecule has 1 heterocycles. The number of rotatable bonds is 6. The second-order valence-corrected chi connectivity index (χ2v) is 3.19. The highest BCUT2D eigenvalue weighted by atomic mass is 16.5. The van der Waals surface area contributed by atoms with E-state index >= 15 is 0 Å². The van der Waals surface area contributed by atoms with E-state index in [1.807, 2.05) is 0 Å². The summed E-state index contributed by atoms with van der Waals surface area (Å²) >= 11 is 0. The Bertz CT molecular complexity index is 365. The standard InChI is InChI=1S/C9H15N5O3/c1-2-17-9(16)7(10)8(15)11-3-5-14-6-4-12-13-14/h4,6-7H,2-3,5,10H2,1H3,(H,11,15). The van der Waals surface area contributed by atoms with Crippen LogP contribution >= 0.6 is 0 Å². The number of nitrogens with zero attached hydrogens (tertiary/aromatic N) is 3. The van der Waals surface area contributed by atoms with Gasteiger partial charge in [0.05, 0.1) is 19.3 Å². The third-order valence-corrected chi connectivity index (χ3v) is 1.94. The lowest BCUT2D eigenvalue weighted by Gasteiger charge is -2.10. The maximum absolute atomic E-state index is 11.4. The molecule has 1 aromatic rings. The molecule has 0 aliphatic heterocycles. The Morgan fingerprint density at radius 2 is 2.35 bits per heavy atom. The first-order chi connectivity index (χ1) is 8.15. The molecule has 8 nitrogen and oxygen atoms in total. The largest absolute Gasteiger partial charge is 0.464 e. The molecule has 0 aliphatic rings. The van der Waals surface area contributed by atoms with Crippen molar-refractivity contribution in [3.8, 4) is 0 Å². The SMILES string of the molecule is CCOC(=O)C(N)C(=O)NCCn1ccnn1. The molecule has 0 spiro atoms. The van der Waals surface area contributed by atoms with Crippen molar-refractivity contribution in [1.82, 2.24) is 20.3 Å². The normalized spacial score (nSPS) is 11.9. The molecule has 8 heteroatoms. The molecule has 0 fully saturated rings. The van der Waals surface area contributed by atoms with Crippen molar-refractivity contribution in [3.05, 3.63) is 12.4 Å². The second-order valence-electron chi connectivity index (χ2n) is 3.19. The number of carbonyl (C=O) groups is 2. The first kappa shape index (κ1) is 13.1. The van der Waals surface area contributed by atoms with Crippen LogP contribution in [0.5, 0.6) is 0 Å². The van der Waals surface area contributed by atoms with E-state index < -0.39 is 17.9 Å². The highest BCUT2D eigenvalue weighted by Gasteiger charge is 2.22. The molecule has 0 saturated heterocycles. The van der Waals surface area contributed by atoms with Crippen molar-refractivity contribution in [1.29, 1.82) is 0 Å². The van der Waals surface area contributed by atoms with Crippen molar-refractivity contribution >= 4 is 11.9 Å². The van der Waals surface area contributed by atoms with Crippen LogP contribution < -0.4 is 11.1 Å². The van der Waals surface area contributed by atoms with Crippen LogP contribution in [0.2, 0.25) is 0 Å². The molecule has 0 saturated carbocycles. The van der Waals surface area contributed by atoms with Gasteiger partial charge >= 0.3 is 5.97 Å². The Kier molecular flexibility index (Phi) is 5.08. The fourth-order valence-corrected chi connectivity index (χ4v) is 1.09. The number of esters is 1. The van der Waals surface area contributed by atoms with Gasteiger partial charge in [0, 0.05) is 12.7 Å². The van der Waals surface area contributed by atoms with Gasteiger partial charge in [-0.1, -0.05) is 5.21 Å². The molecule has 0 radical (unpaired) electrons.